The Hall–Kier alpha value is -2.11. The van der Waals surface area contributed by atoms with Crippen LogP contribution in [0.2, 0.25) is 0 Å². The molecule has 0 aliphatic rings. The first kappa shape index (κ1) is 12.0. The predicted molar refractivity (Wildman–Crippen MR) is 57.4 cm³/mol. The lowest BCUT2D eigenvalue weighted by Crippen LogP contribution is -2.43. The van der Waals surface area contributed by atoms with Crippen LogP contribution in [-0.2, 0) is 16.1 Å². The number of carbonyl (C=O) groups is 2. The van der Waals surface area contributed by atoms with Gasteiger partial charge in [-0.3, -0.25) is 25.2 Å². The minimum atomic E-state index is -0.456. The van der Waals surface area contributed by atoms with Crippen LogP contribution < -0.4 is 16.4 Å². The van der Waals surface area contributed by atoms with E-state index in [2.05, 4.69) is 10.9 Å². The van der Waals surface area contributed by atoms with Crippen LogP contribution in [0.4, 0.5) is 0 Å². The Morgan fingerprint density at radius 2 is 2.06 bits per heavy atom. The number of carbonyl (C=O) groups excluding carboxylic acids is 2. The van der Waals surface area contributed by atoms with Gasteiger partial charge in [0.25, 0.3) is 11.5 Å². The highest BCUT2D eigenvalue weighted by molar-refractivity contribution is 5.80. The zero-order valence-corrected chi connectivity index (χ0v) is 9.11. The highest BCUT2D eigenvalue weighted by atomic mass is 16.2. The lowest BCUT2D eigenvalue weighted by molar-refractivity contribution is -0.128. The van der Waals surface area contributed by atoms with E-state index in [-0.39, 0.29) is 18.0 Å². The first-order valence-electron chi connectivity index (χ1n) is 4.72. The minimum Gasteiger partial charge on any atom is -0.306 e. The van der Waals surface area contributed by atoms with E-state index in [9.17, 15) is 14.4 Å². The second-order valence-corrected chi connectivity index (χ2v) is 3.35. The lowest BCUT2D eigenvalue weighted by atomic mass is 10.3. The number of hydrazine groups is 1. The van der Waals surface area contributed by atoms with Gasteiger partial charge >= 0.3 is 0 Å². The molecule has 1 heterocycles. The topological polar surface area (TPSA) is 80.2 Å². The molecule has 0 atom stereocenters. The lowest BCUT2D eigenvalue weighted by Gasteiger charge is -2.07. The number of nitrogens with zero attached hydrogens (tertiary/aromatic N) is 1. The molecule has 0 radical (unpaired) electrons. The standard InChI is InChI=1S/C10H13N3O3/c1-7-4-3-5-13(10(7)16)6-9(15)12-11-8(2)14/h3-5H,6H2,1-2H3,(H,11,14)(H,12,15). The molecule has 0 aliphatic carbocycles. The molecule has 6 nitrogen and oxygen atoms in total. The van der Waals surface area contributed by atoms with Crippen molar-refractivity contribution < 1.29 is 9.59 Å². The molecule has 0 bridgehead atoms. The van der Waals surface area contributed by atoms with Crippen molar-refractivity contribution in [1.29, 1.82) is 0 Å². The van der Waals surface area contributed by atoms with E-state index >= 15 is 0 Å². The molecule has 0 unspecified atom stereocenters. The van der Waals surface area contributed by atoms with E-state index in [0.717, 1.165) is 0 Å². The summed E-state index contributed by atoms with van der Waals surface area (Å²) in [6.45, 7) is 2.82. The Morgan fingerprint density at radius 3 is 2.69 bits per heavy atom. The number of hydrogen-bond acceptors (Lipinski definition) is 3. The SMILES string of the molecule is CC(=O)NNC(=O)Cn1cccc(C)c1=O. The molecule has 0 fully saturated rings. The normalized spacial score (nSPS) is 9.62. The number of rotatable bonds is 2. The number of amides is 2. The highest BCUT2D eigenvalue weighted by Crippen LogP contribution is 1.88. The van der Waals surface area contributed by atoms with Crippen LogP contribution in [0.15, 0.2) is 23.1 Å². The Morgan fingerprint density at radius 1 is 1.38 bits per heavy atom. The monoisotopic (exact) mass is 223 g/mol. The Balaban J connectivity index is 2.67. The van der Waals surface area contributed by atoms with Crippen LogP contribution in [0, 0.1) is 6.92 Å². The van der Waals surface area contributed by atoms with Crippen LogP contribution in [0.3, 0.4) is 0 Å². The summed E-state index contributed by atoms with van der Waals surface area (Å²) >= 11 is 0. The predicted octanol–water partition coefficient (Wildman–Crippen LogP) is -0.676. The van der Waals surface area contributed by atoms with Crippen molar-refractivity contribution in [3.8, 4) is 0 Å². The Kier molecular flexibility index (Phi) is 3.82. The van der Waals surface area contributed by atoms with Crippen molar-refractivity contribution in [2.45, 2.75) is 20.4 Å². The van der Waals surface area contributed by atoms with Gasteiger partial charge in [0.15, 0.2) is 0 Å². The van der Waals surface area contributed by atoms with Gasteiger partial charge in [0, 0.05) is 18.7 Å². The average molecular weight is 223 g/mol. The number of nitrogens with one attached hydrogen (secondary N) is 2. The van der Waals surface area contributed by atoms with Gasteiger partial charge in [-0.2, -0.15) is 0 Å². The summed E-state index contributed by atoms with van der Waals surface area (Å²) in [7, 11) is 0. The first-order chi connectivity index (χ1) is 7.50. The summed E-state index contributed by atoms with van der Waals surface area (Å²) in [4.78, 5) is 33.4. The first-order valence-corrected chi connectivity index (χ1v) is 4.72. The molecule has 0 aliphatic heterocycles. The van der Waals surface area contributed by atoms with Crippen molar-refractivity contribution in [3.05, 3.63) is 34.2 Å². The second-order valence-electron chi connectivity index (χ2n) is 3.35. The van der Waals surface area contributed by atoms with E-state index in [4.69, 9.17) is 0 Å². The maximum absolute atomic E-state index is 11.5. The summed E-state index contributed by atoms with van der Waals surface area (Å²) in [6.07, 6.45) is 1.52. The number of pyridine rings is 1. The van der Waals surface area contributed by atoms with Crippen LogP contribution in [0.1, 0.15) is 12.5 Å². The molecule has 86 valence electrons. The van der Waals surface area contributed by atoms with Crippen molar-refractivity contribution in [1.82, 2.24) is 15.4 Å². The number of aryl methyl sites for hydroxylation is 1. The molecule has 6 heteroatoms. The van der Waals surface area contributed by atoms with Crippen LogP contribution in [0.5, 0.6) is 0 Å². The van der Waals surface area contributed by atoms with Gasteiger partial charge in [0.2, 0.25) is 5.91 Å². The third kappa shape index (κ3) is 3.23. The smallest absolute Gasteiger partial charge is 0.258 e. The summed E-state index contributed by atoms with van der Waals surface area (Å²) in [5.74, 6) is -0.826. The summed E-state index contributed by atoms with van der Waals surface area (Å²) in [5.41, 5.74) is 4.67. The van der Waals surface area contributed by atoms with Crippen LogP contribution in [0.25, 0.3) is 0 Å². The zero-order valence-electron chi connectivity index (χ0n) is 9.11. The van der Waals surface area contributed by atoms with Crippen molar-refractivity contribution in [2.24, 2.45) is 0 Å². The number of aromatic nitrogens is 1. The largest absolute Gasteiger partial charge is 0.306 e. The van der Waals surface area contributed by atoms with Crippen LogP contribution >= 0.6 is 0 Å². The number of hydrogen-bond donors (Lipinski definition) is 2. The molecule has 1 aromatic rings. The minimum absolute atomic E-state index is 0.124. The van der Waals surface area contributed by atoms with Crippen molar-refractivity contribution in [3.63, 3.8) is 0 Å². The molecule has 0 saturated heterocycles. The Labute approximate surface area is 92.2 Å². The zero-order chi connectivity index (χ0) is 12.1. The van der Waals surface area contributed by atoms with E-state index in [1.165, 1.54) is 17.7 Å². The molecule has 2 N–H and O–H groups in total. The van der Waals surface area contributed by atoms with E-state index < -0.39 is 5.91 Å². The molecular weight excluding hydrogens is 210 g/mol. The quantitative estimate of drug-likeness (QED) is 0.652. The molecule has 1 rings (SSSR count). The van der Waals surface area contributed by atoms with Gasteiger partial charge in [-0.1, -0.05) is 6.07 Å². The van der Waals surface area contributed by atoms with Gasteiger partial charge in [-0.25, -0.2) is 0 Å². The molecule has 0 spiro atoms. The van der Waals surface area contributed by atoms with Crippen LogP contribution in [-0.4, -0.2) is 16.4 Å². The summed E-state index contributed by atoms with van der Waals surface area (Å²) in [5, 5.41) is 0. The maximum Gasteiger partial charge on any atom is 0.258 e. The molecule has 16 heavy (non-hydrogen) atoms. The van der Waals surface area contributed by atoms with Crippen molar-refractivity contribution >= 4 is 11.8 Å². The van der Waals surface area contributed by atoms with Crippen molar-refractivity contribution in [2.75, 3.05) is 0 Å². The molecular formula is C10H13N3O3. The fraction of sp³-hybridized carbons (Fsp3) is 0.300. The van der Waals surface area contributed by atoms with Gasteiger partial charge in [-0.05, 0) is 13.0 Å². The fourth-order valence-electron chi connectivity index (χ4n) is 1.13. The molecule has 1 aromatic heterocycles. The molecule has 0 aromatic carbocycles. The van der Waals surface area contributed by atoms with E-state index in [1.54, 1.807) is 19.1 Å². The highest BCUT2D eigenvalue weighted by Gasteiger charge is 2.05. The van der Waals surface area contributed by atoms with E-state index in [1.807, 2.05) is 0 Å². The molecule has 2 amide bonds. The van der Waals surface area contributed by atoms with Gasteiger partial charge in [0.1, 0.15) is 6.54 Å². The average Bonchev–Trinajstić information content (AvgIpc) is 2.22. The van der Waals surface area contributed by atoms with Gasteiger partial charge in [0.05, 0.1) is 0 Å². The third-order valence-corrected chi connectivity index (χ3v) is 1.90. The molecule has 0 saturated carbocycles. The fourth-order valence-corrected chi connectivity index (χ4v) is 1.13. The maximum atomic E-state index is 11.5. The third-order valence-electron chi connectivity index (χ3n) is 1.90. The summed E-state index contributed by atoms with van der Waals surface area (Å²) in [6, 6.07) is 3.35. The Bertz CT molecular complexity index is 465. The summed E-state index contributed by atoms with van der Waals surface area (Å²) < 4.78 is 1.27. The second kappa shape index (κ2) is 5.11. The van der Waals surface area contributed by atoms with Gasteiger partial charge < -0.3 is 4.57 Å². The van der Waals surface area contributed by atoms with E-state index in [0.29, 0.717) is 5.56 Å². The van der Waals surface area contributed by atoms with Gasteiger partial charge in [-0.15, -0.1) is 0 Å².